The smallest absolute Gasteiger partial charge is 0.290 e. The van der Waals surface area contributed by atoms with Gasteiger partial charge in [0.05, 0.1) is 23.1 Å². The number of carbonyl (C=O) groups excluding carboxylic acids is 1. The Kier molecular flexibility index (Phi) is 6.65. The molecular weight excluding hydrogens is 418 g/mol. The van der Waals surface area contributed by atoms with Crippen molar-refractivity contribution in [3.05, 3.63) is 87.8 Å². The van der Waals surface area contributed by atoms with E-state index in [4.69, 9.17) is 13.9 Å². The molecule has 0 spiro atoms. The van der Waals surface area contributed by atoms with Crippen LogP contribution in [0.5, 0.6) is 5.75 Å². The number of aryl methyl sites for hydroxylation is 1. The van der Waals surface area contributed by atoms with E-state index in [1.54, 1.807) is 17.0 Å². The molecule has 2 aromatic carbocycles. The van der Waals surface area contributed by atoms with Crippen LogP contribution < -0.4 is 10.2 Å². The van der Waals surface area contributed by atoms with Gasteiger partial charge in [-0.15, -0.1) is 0 Å². The maximum absolute atomic E-state index is 13.6. The van der Waals surface area contributed by atoms with Crippen molar-refractivity contribution in [2.75, 3.05) is 19.8 Å². The zero-order chi connectivity index (χ0) is 23.5. The predicted octanol–water partition coefficient (Wildman–Crippen LogP) is 5.03. The number of rotatable bonds is 9. The van der Waals surface area contributed by atoms with Crippen LogP contribution in [0.25, 0.3) is 11.0 Å². The Labute approximate surface area is 193 Å². The fraction of sp³-hybridized carbons (Fsp3) is 0.333. The molecule has 0 saturated heterocycles. The summed E-state index contributed by atoms with van der Waals surface area (Å²) in [6.45, 7) is 10.9. The van der Waals surface area contributed by atoms with Crippen LogP contribution >= 0.6 is 0 Å². The molecule has 0 radical (unpaired) electrons. The molecule has 6 nitrogen and oxygen atoms in total. The van der Waals surface area contributed by atoms with E-state index in [1.165, 1.54) is 0 Å². The first-order valence-electron chi connectivity index (χ1n) is 11.2. The SMILES string of the molecule is C=CCOc1ccc(C2c3c(oc4ccc(C)cc4c3=O)C(=O)N2CCCOC(C)C)cc1. The third-order valence-electron chi connectivity index (χ3n) is 5.68. The summed E-state index contributed by atoms with van der Waals surface area (Å²) < 4.78 is 17.2. The van der Waals surface area contributed by atoms with Crippen molar-refractivity contribution in [1.82, 2.24) is 4.90 Å². The van der Waals surface area contributed by atoms with E-state index in [0.29, 0.717) is 48.5 Å². The van der Waals surface area contributed by atoms with Crippen molar-refractivity contribution >= 4 is 16.9 Å². The largest absolute Gasteiger partial charge is 0.490 e. The van der Waals surface area contributed by atoms with E-state index in [2.05, 4.69) is 6.58 Å². The van der Waals surface area contributed by atoms with Gasteiger partial charge in [0, 0.05) is 13.2 Å². The summed E-state index contributed by atoms with van der Waals surface area (Å²) in [5.41, 5.74) is 2.44. The van der Waals surface area contributed by atoms with Crippen LogP contribution in [-0.2, 0) is 4.74 Å². The number of nitrogens with zero attached hydrogens (tertiary/aromatic N) is 1. The zero-order valence-corrected chi connectivity index (χ0v) is 19.3. The molecule has 0 aliphatic carbocycles. The molecule has 0 fully saturated rings. The fourth-order valence-electron chi connectivity index (χ4n) is 4.17. The van der Waals surface area contributed by atoms with Gasteiger partial charge in [-0.25, -0.2) is 0 Å². The normalized spacial score (nSPS) is 15.3. The van der Waals surface area contributed by atoms with E-state index < -0.39 is 6.04 Å². The lowest BCUT2D eigenvalue weighted by atomic mass is 9.98. The number of amides is 1. The molecule has 1 amide bonds. The Hall–Kier alpha value is -3.38. The molecule has 1 aliphatic rings. The van der Waals surface area contributed by atoms with E-state index in [0.717, 1.165) is 11.1 Å². The molecule has 2 heterocycles. The van der Waals surface area contributed by atoms with Gasteiger partial charge in [0.1, 0.15) is 17.9 Å². The summed E-state index contributed by atoms with van der Waals surface area (Å²) in [7, 11) is 0. The highest BCUT2D eigenvalue weighted by Crippen LogP contribution is 2.38. The summed E-state index contributed by atoms with van der Waals surface area (Å²) in [5, 5.41) is 0.488. The minimum atomic E-state index is -0.527. The standard InChI is InChI=1S/C27H29NO5/c1-5-14-32-20-10-8-19(9-11-20)24-23-25(29)21-16-18(4)7-12-22(21)33-26(23)27(30)28(24)13-6-15-31-17(2)3/h5,7-12,16-17,24H,1,6,13-15H2,2-4H3. The number of benzene rings is 2. The molecule has 0 saturated carbocycles. The van der Waals surface area contributed by atoms with Gasteiger partial charge >= 0.3 is 0 Å². The maximum atomic E-state index is 13.6. The fourth-order valence-corrected chi connectivity index (χ4v) is 4.17. The van der Waals surface area contributed by atoms with Gasteiger partial charge in [-0.05, 0) is 57.0 Å². The minimum Gasteiger partial charge on any atom is -0.490 e. The maximum Gasteiger partial charge on any atom is 0.290 e. The lowest BCUT2D eigenvalue weighted by molar-refractivity contribution is 0.0593. The van der Waals surface area contributed by atoms with E-state index in [9.17, 15) is 9.59 Å². The van der Waals surface area contributed by atoms with Crippen LogP contribution in [0.15, 0.2) is 64.3 Å². The monoisotopic (exact) mass is 447 g/mol. The van der Waals surface area contributed by atoms with Gasteiger partial charge in [0.25, 0.3) is 5.91 Å². The molecular formula is C27H29NO5. The molecule has 0 bridgehead atoms. The lowest BCUT2D eigenvalue weighted by Crippen LogP contribution is -2.31. The Bertz CT molecular complexity index is 1230. The van der Waals surface area contributed by atoms with Gasteiger partial charge in [-0.1, -0.05) is 36.4 Å². The van der Waals surface area contributed by atoms with Crippen LogP contribution in [0.3, 0.4) is 0 Å². The van der Waals surface area contributed by atoms with Crippen LogP contribution in [0.2, 0.25) is 0 Å². The van der Waals surface area contributed by atoms with Gasteiger partial charge in [-0.2, -0.15) is 0 Å². The second kappa shape index (κ2) is 9.63. The molecule has 1 aromatic heterocycles. The highest BCUT2D eigenvalue weighted by molar-refractivity contribution is 5.99. The molecule has 172 valence electrons. The van der Waals surface area contributed by atoms with Crippen molar-refractivity contribution in [3.63, 3.8) is 0 Å². The topological polar surface area (TPSA) is 69.0 Å². The number of fused-ring (bicyclic) bond motifs is 2. The Balaban J connectivity index is 1.77. The average Bonchev–Trinajstić information content (AvgIpc) is 3.08. The van der Waals surface area contributed by atoms with Crippen molar-refractivity contribution in [1.29, 1.82) is 0 Å². The van der Waals surface area contributed by atoms with Crippen LogP contribution in [0, 0.1) is 6.92 Å². The lowest BCUT2D eigenvalue weighted by Gasteiger charge is -2.25. The van der Waals surface area contributed by atoms with Crippen molar-refractivity contribution in [3.8, 4) is 5.75 Å². The van der Waals surface area contributed by atoms with Gasteiger partial charge < -0.3 is 18.8 Å². The highest BCUT2D eigenvalue weighted by Gasteiger charge is 2.42. The van der Waals surface area contributed by atoms with Crippen LogP contribution in [-0.4, -0.2) is 36.7 Å². The number of hydrogen-bond donors (Lipinski definition) is 0. The molecule has 1 unspecified atom stereocenters. The van der Waals surface area contributed by atoms with E-state index in [-0.39, 0.29) is 23.2 Å². The number of ether oxygens (including phenoxy) is 2. The first-order chi connectivity index (χ1) is 15.9. The molecule has 0 N–H and O–H groups in total. The first-order valence-corrected chi connectivity index (χ1v) is 11.2. The minimum absolute atomic E-state index is 0.118. The van der Waals surface area contributed by atoms with Gasteiger partial charge in [0.2, 0.25) is 5.76 Å². The number of carbonyl (C=O) groups is 1. The molecule has 4 rings (SSSR count). The van der Waals surface area contributed by atoms with E-state index >= 15 is 0 Å². The molecule has 1 atom stereocenters. The average molecular weight is 448 g/mol. The van der Waals surface area contributed by atoms with Crippen molar-refractivity contribution in [2.45, 2.75) is 39.3 Å². The third-order valence-corrected chi connectivity index (χ3v) is 5.68. The summed E-state index contributed by atoms with van der Waals surface area (Å²) in [6, 6.07) is 12.4. The summed E-state index contributed by atoms with van der Waals surface area (Å²) in [6.07, 6.45) is 2.45. The van der Waals surface area contributed by atoms with Crippen molar-refractivity contribution in [2.24, 2.45) is 0 Å². The Morgan fingerprint density at radius 1 is 1.15 bits per heavy atom. The Morgan fingerprint density at radius 3 is 2.61 bits per heavy atom. The Morgan fingerprint density at radius 2 is 1.91 bits per heavy atom. The highest BCUT2D eigenvalue weighted by atomic mass is 16.5. The molecule has 1 aliphatic heterocycles. The van der Waals surface area contributed by atoms with Crippen LogP contribution in [0.4, 0.5) is 0 Å². The first kappa shape index (κ1) is 22.8. The number of hydrogen-bond acceptors (Lipinski definition) is 5. The second-order valence-electron chi connectivity index (χ2n) is 8.52. The molecule has 3 aromatic rings. The van der Waals surface area contributed by atoms with Gasteiger partial charge in [0.15, 0.2) is 5.43 Å². The van der Waals surface area contributed by atoms with E-state index in [1.807, 2.05) is 57.2 Å². The molecule has 6 heteroatoms. The third kappa shape index (κ3) is 4.57. The van der Waals surface area contributed by atoms with Gasteiger partial charge in [-0.3, -0.25) is 9.59 Å². The van der Waals surface area contributed by atoms with Crippen molar-refractivity contribution < 1.29 is 18.7 Å². The second-order valence-corrected chi connectivity index (χ2v) is 8.52. The quantitative estimate of drug-likeness (QED) is 0.340. The van der Waals surface area contributed by atoms with Crippen LogP contribution in [0.1, 0.15) is 53.6 Å². The predicted molar refractivity (Wildman–Crippen MR) is 128 cm³/mol. The zero-order valence-electron chi connectivity index (χ0n) is 19.3. The summed E-state index contributed by atoms with van der Waals surface area (Å²) >= 11 is 0. The summed E-state index contributed by atoms with van der Waals surface area (Å²) in [5.74, 6) is 0.547. The summed E-state index contributed by atoms with van der Waals surface area (Å²) in [4.78, 5) is 28.7. The molecule has 33 heavy (non-hydrogen) atoms.